The van der Waals surface area contributed by atoms with Crippen molar-refractivity contribution in [3.63, 3.8) is 0 Å². The lowest BCUT2D eigenvalue weighted by Crippen LogP contribution is -2.14. The van der Waals surface area contributed by atoms with Gasteiger partial charge in [-0.05, 0) is 18.2 Å². The number of rotatable bonds is 2. The highest BCUT2D eigenvalue weighted by molar-refractivity contribution is 6.15. The average molecular weight is 320 g/mol. The summed E-state index contributed by atoms with van der Waals surface area (Å²) < 4.78 is 16.1. The van der Waals surface area contributed by atoms with Gasteiger partial charge in [0, 0.05) is 11.1 Å². The quantitative estimate of drug-likeness (QED) is 0.787. The van der Waals surface area contributed by atoms with Crippen LogP contribution in [0.3, 0.4) is 0 Å². The van der Waals surface area contributed by atoms with Gasteiger partial charge in [0.1, 0.15) is 12.1 Å². The number of aromatic nitrogens is 2. The number of hydrogen-bond donors (Lipinski definition) is 1. The molecule has 2 aromatic carbocycles. The van der Waals surface area contributed by atoms with Crippen LogP contribution in [0.5, 0.6) is 0 Å². The van der Waals surface area contributed by atoms with Crippen molar-refractivity contribution in [3.05, 3.63) is 83.2 Å². The van der Waals surface area contributed by atoms with Crippen molar-refractivity contribution in [3.8, 4) is 5.69 Å². The number of aliphatic imine (C=N–C) groups is 1. The van der Waals surface area contributed by atoms with Crippen LogP contribution in [0.15, 0.2) is 59.9 Å². The van der Waals surface area contributed by atoms with Crippen molar-refractivity contribution < 1.29 is 9.18 Å². The van der Waals surface area contributed by atoms with E-state index in [-0.39, 0.29) is 18.1 Å². The second-order valence-electron chi connectivity index (χ2n) is 5.44. The highest BCUT2D eigenvalue weighted by Gasteiger charge is 2.24. The van der Waals surface area contributed by atoms with Crippen molar-refractivity contribution >= 4 is 11.6 Å². The maximum atomic E-state index is 14.3. The maximum Gasteiger partial charge on any atom is 0.269 e. The zero-order valence-electron chi connectivity index (χ0n) is 12.6. The van der Waals surface area contributed by atoms with Gasteiger partial charge < -0.3 is 5.73 Å². The topological polar surface area (TPSA) is 73.3 Å². The molecule has 0 saturated carbocycles. The number of fused-ring (bicyclic) bond motifs is 3. The molecular formula is C18H13FN4O. The van der Waals surface area contributed by atoms with Gasteiger partial charge in [-0.15, -0.1) is 0 Å². The molecule has 6 heteroatoms. The molecule has 4 rings (SSSR count). The monoisotopic (exact) mass is 320 g/mol. The van der Waals surface area contributed by atoms with Gasteiger partial charge in [0.25, 0.3) is 5.91 Å². The van der Waals surface area contributed by atoms with Gasteiger partial charge in [0.2, 0.25) is 0 Å². The lowest BCUT2D eigenvalue weighted by molar-refractivity contribution is 0.0995. The zero-order chi connectivity index (χ0) is 16.7. The molecule has 118 valence electrons. The molecule has 0 saturated heterocycles. The summed E-state index contributed by atoms with van der Waals surface area (Å²) in [6.07, 6.45) is 1.55. The Bertz CT molecular complexity index is 990. The Hall–Kier alpha value is -3.28. The third-order valence-electron chi connectivity index (χ3n) is 4.03. The first-order valence-corrected chi connectivity index (χ1v) is 7.42. The third-order valence-corrected chi connectivity index (χ3v) is 4.03. The Labute approximate surface area is 137 Å². The van der Waals surface area contributed by atoms with E-state index in [0.29, 0.717) is 17.0 Å². The number of nitrogens with zero attached hydrogens (tertiary/aromatic N) is 3. The number of halogens is 1. The summed E-state index contributed by atoms with van der Waals surface area (Å²) >= 11 is 0. The predicted molar refractivity (Wildman–Crippen MR) is 87.8 cm³/mol. The fourth-order valence-corrected chi connectivity index (χ4v) is 2.94. The standard InChI is InChI=1S/C18H13FN4O/c19-13-7-3-1-5-11(13)16-12-6-2-4-8-14(12)23-10-22-17(18(20)24)15(23)9-21-16/h1-8,10H,9H2,(H2,20,24). The summed E-state index contributed by atoms with van der Waals surface area (Å²) in [5.41, 5.74) is 8.70. The first-order valence-electron chi connectivity index (χ1n) is 7.42. The number of para-hydroxylation sites is 1. The Morgan fingerprint density at radius 1 is 1.08 bits per heavy atom. The van der Waals surface area contributed by atoms with E-state index >= 15 is 0 Å². The minimum Gasteiger partial charge on any atom is -0.364 e. The largest absolute Gasteiger partial charge is 0.364 e. The van der Waals surface area contributed by atoms with Gasteiger partial charge in [0.05, 0.1) is 23.6 Å². The molecule has 5 nitrogen and oxygen atoms in total. The highest BCUT2D eigenvalue weighted by Crippen LogP contribution is 2.27. The molecule has 1 aromatic heterocycles. The van der Waals surface area contributed by atoms with Crippen LogP contribution in [0, 0.1) is 5.82 Å². The van der Waals surface area contributed by atoms with E-state index in [1.165, 1.54) is 6.07 Å². The summed E-state index contributed by atoms with van der Waals surface area (Å²) in [5, 5.41) is 0. The molecule has 0 atom stereocenters. The van der Waals surface area contributed by atoms with E-state index in [2.05, 4.69) is 9.98 Å². The van der Waals surface area contributed by atoms with E-state index < -0.39 is 5.91 Å². The molecule has 0 bridgehead atoms. The lowest BCUT2D eigenvalue weighted by Gasteiger charge is -2.11. The molecule has 3 aromatic rings. The molecular weight excluding hydrogens is 307 g/mol. The van der Waals surface area contributed by atoms with E-state index in [0.717, 1.165) is 11.3 Å². The molecule has 2 heterocycles. The Balaban J connectivity index is 1.99. The van der Waals surface area contributed by atoms with Crippen LogP contribution in [0.25, 0.3) is 5.69 Å². The van der Waals surface area contributed by atoms with Crippen LogP contribution in [-0.2, 0) is 6.54 Å². The number of amides is 1. The minimum absolute atomic E-state index is 0.184. The summed E-state index contributed by atoms with van der Waals surface area (Å²) in [6.45, 7) is 0.191. The highest BCUT2D eigenvalue weighted by atomic mass is 19.1. The van der Waals surface area contributed by atoms with Crippen molar-refractivity contribution in [1.82, 2.24) is 9.55 Å². The van der Waals surface area contributed by atoms with Gasteiger partial charge in [-0.2, -0.15) is 0 Å². The third kappa shape index (κ3) is 2.11. The number of carbonyl (C=O) groups is 1. The first-order chi connectivity index (χ1) is 11.7. The summed E-state index contributed by atoms with van der Waals surface area (Å²) in [5.74, 6) is -0.948. The molecule has 2 N–H and O–H groups in total. The minimum atomic E-state index is -0.606. The van der Waals surface area contributed by atoms with Crippen LogP contribution in [-0.4, -0.2) is 21.2 Å². The second kappa shape index (κ2) is 5.42. The first kappa shape index (κ1) is 14.3. The Morgan fingerprint density at radius 2 is 1.79 bits per heavy atom. The SMILES string of the molecule is NC(=O)c1ncn2c1CN=C(c1ccccc1F)c1ccccc1-2. The normalized spacial score (nSPS) is 12.8. The number of carbonyl (C=O) groups excluding carboxylic acids is 1. The van der Waals surface area contributed by atoms with Gasteiger partial charge >= 0.3 is 0 Å². The van der Waals surface area contributed by atoms with Crippen molar-refractivity contribution in [1.29, 1.82) is 0 Å². The molecule has 24 heavy (non-hydrogen) atoms. The molecule has 0 aliphatic carbocycles. The summed E-state index contributed by atoms with van der Waals surface area (Å²) in [7, 11) is 0. The molecule has 1 aliphatic rings. The van der Waals surface area contributed by atoms with Crippen LogP contribution < -0.4 is 5.73 Å². The molecule has 0 radical (unpaired) electrons. The fraction of sp³-hybridized carbons (Fsp3) is 0.0556. The van der Waals surface area contributed by atoms with Gasteiger partial charge in [0.15, 0.2) is 5.69 Å². The van der Waals surface area contributed by atoms with Crippen LogP contribution >= 0.6 is 0 Å². The maximum absolute atomic E-state index is 14.3. The van der Waals surface area contributed by atoms with E-state index in [1.807, 2.05) is 24.3 Å². The number of nitrogens with two attached hydrogens (primary N) is 1. The second-order valence-corrected chi connectivity index (χ2v) is 5.44. The Kier molecular flexibility index (Phi) is 3.23. The predicted octanol–water partition coefficient (Wildman–Crippen LogP) is 2.46. The van der Waals surface area contributed by atoms with E-state index in [9.17, 15) is 9.18 Å². The Morgan fingerprint density at radius 3 is 2.54 bits per heavy atom. The van der Waals surface area contributed by atoms with Crippen LogP contribution in [0.4, 0.5) is 4.39 Å². The molecule has 1 amide bonds. The van der Waals surface area contributed by atoms with Crippen LogP contribution in [0.1, 0.15) is 27.3 Å². The molecule has 0 fully saturated rings. The smallest absolute Gasteiger partial charge is 0.269 e. The van der Waals surface area contributed by atoms with Crippen molar-refractivity contribution in [2.75, 3.05) is 0 Å². The van der Waals surface area contributed by atoms with Gasteiger partial charge in [-0.3, -0.25) is 14.4 Å². The molecule has 1 aliphatic heterocycles. The number of hydrogen-bond acceptors (Lipinski definition) is 3. The van der Waals surface area contributed by atoms with Crippen molar-refractivity contribution in [2.45, 2.75) is 6.54 Å². The average Bonchev–Trinajstić information content (AvgIpc) is 2.94. The fourth-order valence-electron chi connectivity index (χ4n) is 2.94. The number of primary amides is 1. The zero-order valence-corrected chi connectivity index (χ0v) is 12.6. The lowest BCUT2D eigenvalue weighted by atomic mass is 10.00. The van der Waals surface area contributed by atoms with Crippen LogP contribution in [0.2, 0.25) is 0 Å². The summed E-state index contributed by atoms with van der Waals surface area (Å²) in [6, 6.07) is 14.0. The molecule has 0 spiro atoms. The van der Waals surface area contributed by atoms with Gasteiger partial charge in [-0.1, -0.05) is 30.3 Å². The summed E-state index contributed by atoms with van der Waals surface area (Å²) in [4.78, 5) is 20.3. The van der Waals surface area contributed by atoms with E-state index in [1.54, 1.807) is 29.1 Å². The van der Waals surface area contributed by atoms with E-state index in [4.69, 9.17) is 5.73 Å². The van der Waals surface area contributed by atoms with Crippen molar-refractivity contribution in [2.24, 2.45) is 10.7 Å². The van der Waals surface area contributed by atoms with Gasteiger partial charge in [-0.25, -0.2) is 9.37 Å². The molecule has 0 unspecified atom stereocenters. The number of imidazole rings is 1. The number of benzene rings is 2.